The van der Waals surface area contributed by atoms with E-state index in [2.05, 4.69) is 170 Å². The minimum atomic E-state index is -0.596. The van der Waals surface area contributed by atoms with Gasteiger partial charge in [-0.2, -0.15) is 0 Å². The first-order chi connectivity index (χ1) is 26.8. The van der Waals surface area contributed by atoms with Crippen LogP contribution in [0.15, 0.2) is 194 Å². The molecule has 2 aliphatic rings. The van der Waals surface area contributed by atoms with Crippen molar-refractivity contribution in [2.24, 2.45) is 0 Å². The Morgan fingerprint density at radius 3 is 1.63 bits per heavy atom. The molecule has 1 aliphatic carbocycles. The van der Waals surface area contributed by atoms with Crippen LogP contribution in [0, 0.1) is 0 Å². The summed E-state index contributed by atoms with van der Waals surface area (Å²) >= 11 is 0. The van der Waals surface area contributed by atoms with Crippen LogP contribution in [0.3, 0.4) is 0 Å². The van der Waals surface area contributed by atoms with Crippen molar-refractivity contribution < 1.29 is 4.74 Å². The Labute approximate surface area is 313 Å². The molecule has 0 fully saturated rings. The van der Waals surface area contributed by atoms with E-state index in [1.807, 2.05) is 24.3 Å². The number of nitrogens with zero attached hydrogens (tertiary/aromatic N) is 2. The first-order valence-electron chi connectivity index (χ1n) is 18.4. The van der Waals surface area contributed by atoms with Crippen LogP contribution in [-0.2, 0) is 5.41 Å². The smallest absolute Gasteiger partial charge is 0.160 e. The van der Waals surface area contributed by atoms with E-state index in [0.29, 0.717) is 5.82 Å². The lowest BCUT2D eigenvalue weighted by Gasteiger charge is -2.40. The minimum absolute atomic E-state index is 0.596. The van der Waals surface area contributed by atoms with Crippen molar-refractivity contribution in [3.8, 4) is 67.7 Å². The molecule has 0 amide bonds. The Bertz CT molecular complexity index is 2850. The predicted molar refractivity (Wildman–Crippen MR) is 219 cm³/mol. The van der Waals surface area contributed by atoms with Gasteiger partial charge in [-0.15, -0.1) is 0 Å². The van der Waals surface area contributed by atoms with Crippen molar-refractivity contribution in [3.63, 3.8) is 0 Å². The molecule has 54 heavy (non-hydrogen) atoms. The van der Waals surface area contributed by atoms with Crippen molar-refractivity contribution in [1.82, 2.24) is 9.97 Å². The molecule has 3 heteroatoms. The molecular weight excluding hydrogens is 657 g/mol. The van der Waals surface area contributed by atoms with E-state index in [4.69, 9.17) is 14.7 Å². The van der Waals surface area contributed by atoms with Crippen molar-refractivity contribution in [3.05, 3.63) is 216 Å². The maximum Gasteiger partial charge on any atom is 0.160 e. The SMILES string of the molecule is c1ccc(-c2ccc(-c3cc(-c4cccc5c4Oc4c(ccc6ccccc46)C54c5ccccc5-c5ccccc54)nc(-c4ccccc4)n3)cc2)cc1. The first kappa shape index (κ1) is 30.5. The number of ether oxygens (including phenoxy) is 1. The number of benzene rings is 8. The zero-order valence-electron chi connectivity index (χ0n) is 29.3. The largest absolute Gasteiger partial charge is 0.455 e. The quantitative estimate of drug-likeness (QED) is 0.185. The van der Waals surface area contributed by atoms with Gasteiger partial charge in [0.25, 0.3) is 0 Å². The Hall–Kier alpha value is -7.10. The number of hydrogen-bond acceptors (Lipinski definition) is 3. The number of fused-ring (bicyclic) bond motifs is 11. The van der Waals surface area contributed by atoms with Gasteiger partial charge in [-0.1, -0.05) is 182 Å². The van der Waals surface area contributed by atoms with E-state index in [1.54, 1.807) is 0 Å². The lowest BCUT2D eigenvalue weighted by molar-refractivity contribution is 0.443. The molecule has 0 unspecified atom stereocenters. The molecular formula is C51H32N2O. The van der Waals surface area contributed by atoms with Crippen molar-refractivity contribution >= 4 is 10.8 Å². The second kappa shape index (κ2) is 12.0. The van der Waals surface area contributed by atoms with Crippen molar-refractivity contribution in [2.45, 2.75) is 5.41 Å². The van der Waals surface area contributed by atoms with Crippen LogP contribution >= 0.6 is 0 Å². The van der Waals surface area contributed by atoms with Crippen LogP contribution in [0.25, 0.3) is 66.9 Å². The van der Waals surface area contributed by atoms with E-state index in [0.717, 1.165) is 67.0 Å². The van der Waals surface area contributed by atoms with Gasteiger partial charge in [0.2, 0.25) is 0 Å². The molecule has 0 atom stereocenters. The zero-order chi connectivity index (χ0) is 35.6. The monoisotopic (exact) mass is 688 g/mol. The molecule has 252 valence electrons. The van der Waals surface area contributed by atoms with Gasteiger partial charge in [0.1, 0.15) is 11.5 Å². The average Bonchev–Trinajstić information content (AvgIpc) is 3.54. The van der Waals surface area contributed by atoms with Crippen LogP contribution < -0.4 is 4.74 Å². The van der Waals surface area contributed by atoms with Gasteiger partial charge in [-0.3, -0.25) is 0 Å². The molecule has 0 saturated carbocycles. The van der Waals surface area contributed by atoms with Crippen molar-refractivity contribution in [2.75, 3.05) is 0 Å². The van der Waals surface area contributed by atoms with Gasteiger partial charge in [0.05, 0.1) is 16.8 Å². The van der Waals surface area contributed by atoms with E-state index in [1.165, 1.54) is 27.8 Å². The number of rotatable bonds is 4. The molecule has 8 aromatic carbocycles. The molecule has 1 spiro atoms. The maximum atomic E-state index is 7.29. The van der Waals surface area contributed by atoms with Gasteiger partial charge in [-0.05, 0) is 50.9 Å². The van der Waals surface area contributed by atoms with Crippen molar-refractivity contribution in [1.29, 1.82) is 0 Å². The summed E-state index contributed by atoms with van der Waals surface area (Å²) in [6.45, 7) is 0. The van der Waals surface area contributed by atoms with Gasteiger partial charge in [0.15, 0.2) is 5.82 Å². The second-order valence-corrected chi connectivity index (χ2v) is 14.1. The Balaban J connectivity index is 1.18. The summed E-state index contributed by atoms with van der Waals surface area (Å²) in [5, 5.41) is 2.23. The minimum Gasteiger partial charge on any atom is -0.455 e. The Kier molecular flexibility index (Phi) is 6.77. The summed E-state index contributed by atoms with van der Waals surface area (Å²) in [6.07, 6.45) is 0. The van der Waals surface area contributed by atoms with E-state index in [9.17, 15) is 0 Å². The van der Waals surface area contributed by atoms with E-state index < -0.39 is 5.41 Å². The third kappa shape index (κ3) is 4.49. The molecule has 2 heterocycles. The normalized spacial score (nSPS) is 13.1. The third-order valence-electron chi connectivity index (χ3n) is 11.2. The Morgan fingerprint density at radius 1 is 0.352 bits per heavy atom. The van der Waals surface area contributed by atoms with Crippen LogP contribution in [0.1, 0.15) is 22.3 Å². The highest BCUT2D eigenvalue weighted by Crippen LogP contribution is 2.64. The van der Waals surface area contributed by atoms with Gasteiger partial charge in [-0.25, -0.2) is 9.97 Å². The Morgan fingerprint density at radius 2 is 0.889 bits per heavy atom. The molecule has 1 aliphatic heterocycles. The average molecular weight is 689 g/mol. The summed E-state index contributed by atoms with van der Waals surface area (Å²) in [5.74, 6) is 2.37. The van der Waals surface area contributed by atoms with Crippen LogP contribution in [0.5, 0.6) is 11.5 Å². The molecule has 3 nitrogen and oxygen atoms in total. The van der Waals surface area contributed by atoms with E-state index >= 15 is 0 Å². The summed E-state index contributed by atoms with van der Waals surface area (Å²) in [4.78, 5) is 10.5. The summed E-state index contributed by atoms with van der Waals surface area (Å²) in [7, 11) is 0. The molecule has 1 aromatic heterocycles. The fourth-order valence-corrected chi connectivity index (χ4v) is 8.77. The van der Waals surface area contributed by atoms with Crippen LogP contribution in [-0.4, -0.2) is 9.97 Å². The maximum absolute atomic E-state index is 7.29. The first-order valence-corrected chi connectivity index (χ1v) is 18.4. The summed E-state index contributed by atoms with van der Waals surface area (Å²) < 4.78 is 7.29. The van der Waals surface area contributed by atoms with Gasteiger partial charge >= 0.3 is 0 Å². The fraction of sp³-hybridized carbons (Fsp3) is 0.0196. The molecule has 0 saturated heterocycles. The van der Waals surface area contributed by atoms with Gasteiger partial charge < -0.3 is 4.74 Å². The summed E-state index contributed by atoms with van der Waals surface area (Å²) in [5.41, 5.74) is 13.6. The second-order valence-electron chi connectivity index (χ2n) is 14.1. The number of para-hydroxylation sites is 1. The molecule has 11 rings (SSSR count). The number of hydrogen-bond donors (Lipinski definition) is 0. The lowest BCUT2D eigenvalue weighted by Crippen LogP contribution is -2.32. The highest BCUT2D eigenvalue weighted by molar-refractivity contribution is 5.97. The standard InChI is InChI=1S/C51H32N2O/c1-3-14-33(15-4-1)34-26-28-36(29-27-34)46-32-47(53-50(52-46)37-17-5-2-6-18-37)41-22-13-25-44-49(41)54-48-38-19-8-7-16-35(38)30-31-45(48)51(44)42-23-11-9-20-39(42)40-21-10-12-24-43(40)51/h1-32H. The molecule has 9 aromatic rings. The van der Waals surface area contributed by atoms with Crippen LogP contribution in [0.2, 0.25) is 0 Å². The topological polar surface area (TPSA) is 35.0 Å². The molecule has 0 radical (unpaired) electrons. The van der Waals surface area contributed by atoms with Gasteiger partial charge in [0, 0.05) is 33.2 Å². The highest BCUT2D eigenvalue weighted by atomic mass is 16.5. The third-order valence-corrected chi connectivity index (χ3v) is 11.2. The summed E-state index contributed by atoms with van der Waals surface area (Å²) in [6, 6.07) is 68.8. The lowest BCUT2D eigenvalue weighted by atomic mass is 9.65. The molecule has 0 bridgehead atoms. The highest BCUT2D eigenvalue weighted by Gasteiger charge is 2.51. The van der Waals surface area contributed by atoms with E-state index in [-0.39, 0.29) is 0 Å². The van der Waals surface area contributed by atoms with Crippen LogP contribution in [0.4, 0.5) is 0 Å². The predicted octanol–water partition coefficient (Wildman–Crippen LogP) is 12.8. The fourth-order valence-electron chi connectivity index (χ4n) is 8.77. The zero-order valence-corrected chi connectivity index (χ0v) is 29.3. The number of aromatic nitrogens is 2. The molecule has 0 N–H and O–H groups in total.